The summed E-state index contributed by atoms with van der Waals surface area (Å²) in [6.07, 6.45) is 2.70. The largest absolute Gasteiger partial charge is 0.469 e. The highest BCUT2D eigenvalue weighted by Gasteiger charge is 2.24. The van der Waals surface area contributed by atoms with Gasteiger partial charge in [-0.2, -0.15) is 0 Å². The maximum atomic E-state index is 12.2. The van der Waals surface area contributed by atoms with E-state index in [-0.39, 0.29) is 12.4 Å². The Morgan fingerprint density at radius 1 is 1.00 bits per heavy atom. The average molecular weight is 440 g/mol. The molecule has 0 saturated carbocycles. The maximum Gasteiger partial charge on any atom is 0.309 e. The van der Waals surface area contributed by atoms with Crippen molar-refractivity contribution >= 4 is 22.6 Å². The Balaban J connectivity index is 1.63. The van der Waals surface area contributed by atoms with E-state index < -0.39 is 0 Å². The van der Waals surface area contributed by atoms with Crippen LogP contribution < -0.4 is 14.8 Å². The van der Waals surface area contributed by atoms with Crippen molar-refractivity contribution in [2.75, 3.05) is 38.2 Å². The molecule has 0 spiro atoms. The summed E-state index contributed by atoms with van der Waals surface area (Å²) >= 11 is 0. The number of benzene rings is 3. The molecule has 2 saturated heterocycles. The summed E-state index contributed by atoms with van der Waals surface area (Å²) in [4.78, 5) is 14.5. The highest BCUT2D eigenvalue weighted by atomic mass is 16.5. The Morgan fingerprint density at radius 2 is 1.85 bits per heavy atom. The Labute approximate surface area is 192 Å². The van der Waals surface area contributed by atoms with Gasteiger partial charge in [0.2, 0.25) is 5.36 Å². The molecule has 0 radical (unpaired) electrons. The summed E-state index contributed by atoms with van der Waals surface area (Å²) < 4.78 is 13.9. The third-order valence-electron chi connectivity index (χ3n) is 6.98. The van der Waals surface area contributed by atoms with Gasteiger partial charge >= 0.3 is 5.97 Å². The predicted molar refractivity (Wildman–Crippen MR) is 130 cm³/mol. The SMILES string of the molecule is COC(=O)Cc1ccccc1-c1c2ccc(=[N+]3CCC3)cc-2oc2cc(N3CCC3)ccc12. The topological polar surface area (TPSA) is 45.7 Å². The average Bonchev–Trinajstić information content (AvgIpc) is 2.75. The monoisotopic (exact) mass is 439 g/mol. The van der Waals surface area contributed by atoms with Crippen molar-refractivity contribution in [3.05, 3.63) is 71.6 Å². The molecule has 3 aliphatic heterocycles. The molecule has 33 heavy (non-hydrogen) atoms. The van der Waals surface area contributed by atoms with Crippen LogP contribution in [0.1, 0.15) is 18.4 Å². The Kier molecular flexibility index (Phi) is 4.90. The van der Waals surface area contributed by atoms with Gasteiger partial charge in [-0.3, -0.25) is 4.79 Å². The number of carbonyl (C=O) groups is 1. The minimum absolute atomic E-state index is 0.236. The number of hydrogen-bond donors (Lipinski definition) is 0. The van der Waals surface area contributed by atoms with Crippen LogP contribution in [0.5, 0.6) is 0 Å². The Morgan fingerprint density at radius 3 is 2.58 bits per heavy atom. The molecular weight excluding hydrogens is 412 g/mol. The first kappa shape index (κ1) is 20.0. The molecule has 4 aliphatic rings. The lowest BCUT2D eigenvalue weighted by atomic mass is 9.89. The molecule has 2 aromatic rings. The molecule has 166 valence electrons. The van der Waals surface area contributed by atoms with Crippen LogP contribution in [-0.2, 0) is 16.0 Å². The van der Waals surface area contributed by atoms with Gasteiger partial charge in [0, 0.05) is 47.4 Å². The molecule has 5 heteroatoms. The van der Waals surface area contributed by atoms with Gasteiger partial charge < -0.3 is 14.1 Å². The highest BCUT2D eigenvalue weighted by Crippen LogP contribution is 2.42. The lowest BCUT2D eigenvalue weighted by Gasteiger charge is -2.33. The fourth-order valence-electron chi connectivity index (χ4n) is 4.85. The number of ether oxygens (including phenoxy) is 1. The van der Waals surface area contributed by atoms with Gasteiger partial charge in [0.15, 0.2) is 0 Å². The molecule has 0 unspecified atom stereocenters. The van der Waals surface area contributed by atoms with E-state index in [9.17, 15) is 4.79 Å². The fourth-order valence-corrected chi connectivity index (χ4v) is 4.85. The number of anilines is 1. The number of hydrogen-bond acceptors (Lipinski definition) is 4. The number of esters is 1. The standard InChI is InChI=1S/C28H27N2O3/c1-32-27(31)16-19-6-2-3-7-22(19)28-23-10-8-20(29-12-4-13-29)17-25(23)33-26-18-21(9-11-24(26)28)30-14-5-15-30/h2-3,6-11,17-18H,4-5,12-16H2,1H3/q+1. The summed E-state index contributed by atoms with van der Waals surface area (Å²) in [5.41, 5.74) is 6.23. The van der Waals surface area contributed by atoms with E-state index in [1.54, 1.807) is 0 Å². The lowest BCUT2D eigenvalue weighted by molar-refractivity contribution is -0.139. The molecule has 0 bridgehead atoms. The van der Waals surface area contributed by atoms with Crippen LogP contribution in [0.3, 0.4) is 0 Å². The van der Waals surface area contributed by atoms with Crippen molar-refractivity contribution in [3.8, 4) is 22.5 Å². The first-order valence-electron chi connectivity index (χ1n) is 11.7. The smallest absolute Gasteiger partial charge is 0.309 e. The van der Waals surface area contributed by atoms with Crippen molar-refractivity contribution in [1.29, 1.82) is 0 Å². The third kappa shape index (κ3) is 3.48. The van der Waals surface area contributed by atoms with Crippen LogP contribution >= 0.6 is 0 Å². The van der Waals surface area contributed by atoms with Crippen LogP contribution in [-0.4, -0.2) is 39.3 Å². The minimum atomic E-state index is -0.239. The minimum Gasteiger partial charge on any atom is -0.469 e. The van der Waals surface area contributed by atoms with Gasteiger partial charge in [-0.05, 0) is 35.7 Å². The van der Waals surface area contributed by atoms with Crippen molar-refractivity contribution in [1.82, 2.24) is 4.58 Å². The number of carbonyl (C=O) groups excluding carboxylic acids is 1. The zero-order chi connectivity index (χ0) is 22.4. The second-order valence-electron chi connectivity index (χ2n) is 8.93. The summed E-state index contributed by atoms with van der Waals surface area (Å²) in [6, 6.07) is 21.1. The van der Waals surface area contributed by atoms with Gasteiger partial charge in [0.25, 0.3) is 0 Å². The van der Waals surface area contributed by atoms with E-state index in [4.69, 9.17) is 9.15 Å². The first-order valence-corrected chi connectivity index (χ1v) is 11.7. The van der Waals surface area contributed by atoms with E-state index in [1.807, 2.05) is 18.2 Å². The third-order valence-corrected chi connectivity index (χ3v) is 6.98. The quantitative estimate of drug-likeness (QED) is 0.270. The van der Waals surface area contributed by atoms with E-state index in [1.165, 1.54) is 31.0 Å². The Hall–Kier alpha value is -3.60. The van der Waals surface area contributed by atoms with Crippen LogP contribution in [0.15, 0.2) is 65.1 Å². The van der Waals surface area contributed by atoms with Crippen LogP contribution in [0.4, 0.5) is 5.69 Å². The Bertz CT molecular complexity index is 1410. The van der Waals surface area contributed by atoms with E-state index >= 15 is 0 Å². The molecule has 0 N–H and O–H groups in total. The molecule has 5 nitrogen and oxygen atoms in total. The van der Waals surface area contributed by atoms with Gasteiger partial charge in [-0.15, -0.1) is 0 Å². The second kappa shape index (κ2) is 8.07. The van der Waals surface area contributed by atoms with Crippen LogP contribution in [0.2, 0.25) is 0 Å². The number of nitrogens with zero attached hydrogens (tertiary/aromatic N) is 2. The van der Waals surface area contributed by atoms with Crippen molar-refractivity contribution < 1.29 is 13.9 Å². The maximum absolute atomic E-state index is 12.2. The summed E-state index contributed by atoms with van der Waals surface area (Å²) in [7, 11) is 1.44. The van der Waals surface area contributed by atoms with Crippen molar-refractivity contribution in [3.63, 3.8) is 0 Å². The predicted octanol–water partition coefficient (Wildman–Crippen LogP) is 4.31. The van der Waals surface area contributed by atoms with Gasteiger partial charge in [-0.1, -0.05) is 24.3 Å². The van der Waals surface area contributed by atoms with E-state index in [0.29, 0.717) is 0 Å². The zero-order valence-corrected chi connectivity index (χ0v) is 18.8. The molecule has 2 aromatic carbocycles. The normalized spacial score (nSPS) is 15.4. The van der Waals surface area contributed by atoms with Crippen LogP contribution in [0.25, 0.3) is 33.4 Å². The fraction of sp³-hybridized carbons (Fsp3) is 0.286. The van der Waals surface area contributed by atoms with Gasteiger partial charge in [0.1, 0.15) is 24.4 Å². The lowest BCUT2D eigenvalue weighted by Crippen LogP contribution is -2.40. The number of rotatable bonds is 4. The highest BCUT2D eigenvalue weighted by molar-refractivity contribution is 6.03. The van der Waals surface area contributed by atoms with Gasteiger partial charge in [-0.25, -0.2) is 4.58 Å². The van der Waals surface area contributed by atoms with Crippen molar-refractivity contribution in [2.45, 2.75) is 19.3 Å². The summed E-state index contributed by atoms with van der Waals surface area (Å²) in [5, 5.41) is 2.25. The van der Waals surface area contributed by atoms with Gasteiger partial charge in [0.05, 0.1) is 26.0 Å². The molecule has 6 rings (SSSR count). The number of methoxy groups -OCH3 is 1. The van der Waals surface area contributed by atoms with E-state index in [2.05, 4.69) is 51.9 Å². The zero-order valence-electron chi connectivity index (χ0n) is 18.8. The molecular formula is C28H27N2O3+. The van der Waals surface area contributed by atoms with E-state index in [0.717, 1.165) is 65.2 Å². The second-order valence-corrected chi connectivity index (χ2v) is 8.93. The molecule has 0 atom stereocenters. The summed E-state index contributed by atoms with van der Waals surface area (Å²) in [6.45, 7) is 4.36. The molecule has 1 aliphatic carbocycles. The summed E-state index contributed by atoms with van der Waals surface area (Å²) in [5.74, 6) is 0.632. The first-order chi connectivity index (χ1) is 16.2. The van der Waals surface area contributed by atoms with Crippen LogP contribution in [0, 0.1) is 0 Å². The number of fused-ring (bicyclic) bond motifs is 2. The molecule has 3 heterocycles. The molecule has 2 fully saturated rings. The van der Waals surface area contributed by atoms with Crippen molar-refractivity contribution in [2.24, 2.45) is 0 Å². The molecule has 0 aromatic heterocycles. The molecule has 0 amide bonds.